The predicted octanol–water partition coefficient (Wildman–Crippen LogP) is 3.59. The molecular formula is C20H20FN3O3S. The molecule has 6 nitrogen and oxygen atoms in total. The van der Waals surface area contributed by atoms with Crippen molar-refractivity contribution in [2.45, 2.75) is 20.4 Å². The molecule has 0 saturated heterocycles. The van der Waals surface area contributed by atoms with E-state index in [1.54, 1.807) is 24.3 Å². The van der Waals surface area contributed by atoms with Gasteiger partial charge >= 0.3 is 5.91 Å². The number of carbonyl (C=O) groups is 1. The Morgan fingerprint density at radius 2 is 1.93 bits per heavy atom. The zero-order chi connectivity index (χ0) is 20.1. The number of benzene rings is 2. The first-order valence-corrected chi connectivity index (χ1v) is 9.13. The highest BCUT2D eigenvalue weighted by Gasteiger charge is 2.18. The van der Waals surface area contributed by atoms with E-state index in [-0.39, 0.29) is 16.7 Å². The molecule has 0 atom stereocenters. The third-order valence-electron chi connectivity index (χ3n) is 4.08. The Bertz CT molecular complexity index is 1000. The number of fused-ring (bicyclic) bond motifs is 1. The Morgan fingerprint density at radius 3 is 2.64 bits per heavy atom. The van der Waals surface area contributed by atoms with Crippen molar-refractivity contribution in [1.82, 2.24) is 16.2 Å². The molecule has 3 N–H and O–H groups in total. The van der Waals surface area contributed by atoms with Crippen LogP contribution in [0.3, 0.4) is 0 Å². The molecular weight excluding hydrogens is 381 g/mol. The van der Waals surface area contributed by atoms with Crippen molar-refractivity contribution in [3.8, 4) is 5.75 Å². The van der Waals surface area contributed by atoms with Gasteiger partial charge in [-0.2, -0.15) is 0 Å². The molecule has 0 aliphatic rings. The molecule has 0 bridgehead atoms. The highest BCUT2D eigenvalue weighted by Crippen LogP contribution is 2.28. The highest BCUT2D eigenvalue weighted by molar-refractivity contribution is 7.80. The summed E-state index contributed by atoms with van der Waals surface area (Å²) in [6, 6.07) is 11.5. The van der Waals surface area contributed by atoms with Gasteiger partial charge in [-0.3, -0.25) is 15.6 Å². The number of hydrazine groups is 1. The molecule has 0 unspecified atom stereocenters. The summed E-state index contributed by atoms with van der Waals surface area (Å²) in [7, 11) is 0. The van der Waals surface area contributed by atoms with Gasteiger partial charge < -0.3 is 14.5 Å². The number of aryl methyl sites for hydroxylation is 1. The molecule has 1 aromatic heterocycles. The van der Waals surface area contributed by atoms with Gasteiger partial charge in [-0.25, -0.2) is 4.39 Å². The molecule has 0 spiro atoms. The fourth-order valence-electron chi connectivity index (χ4n) is 2.67. The topological polar surface area (TPSA) is 75.5 Å². The van der Waals surface area contributed by atoms with E-state index in [0.29, 0.717) is 24.3 Å². The summed E-state index contributed by atoms with van der Waals surface area (Å²) in [4.78, 5) is 12.4. The Balaban J connectivity index is 1.58. The first kappa shape index (κ1) is 19.6. The lowest BCUT2D eigenvalue weighted by atomic mass is 10.1. The summed E-state index contributed by atoms with van der Waals surface area (Å²) in [6.07, 6.45) is 0. The summed E-state index contributed by atoms with van der Waals surface area (Å²) >= 11 is 5.13. The average Bonchev–Trinajstić information content (AvgIpc) is 3.02. The van der Waals surface area contributed by atoms with Crippen LogP contribution in [-0.4, -0.2) is 17.6 Å². The van der Waals surface area contributed by atoms with Crippen LogP contribution >= 0.6 is 12.2 Å². The molecule has 2 aromatic carbocycles. The zero-order valence-electron chi connectivity index (χ0n) is 15.5. The molecule has 0 aliphatic heterocycles. The quantitative estimate of drug-likeness (QED) is 0.448. The molecule has 146 valence electrons. The molecule has 0 aliphatic carbocycles. The van der Waals surface area contributed by atoms with Crippen molar-refractivity contribution in [3.05, 3.63) is 65.2 Å². The van der Waals surface area contributed by atoms with E-state index >= 15 is 0 Å². The highest BCUT2D eigenvalue weighted by atomic mass is 32.1. The smallest absolute Gasteiger partial charge is 0.305 e. The minimum absolute atomic E-state index is 0.192. The van der Waals surface area contributed by atoms with E-state index in [4.69, 9.17) is 21.4 Å². The van der Waals surface area contributed by atoms with Crippen LogP contribution in [0.25, 0.3) is 11.0 Å². The maximum Gasteiger partial charge on any atom is 0.305 e. The molecule has 28 heavy (non-hydrogen) atoms. The maximum atomic E-state index is 12.9. The van der Waals surface area contributed by atoms with Crippen LogP contribution in [0.5, 0.6) is 5.75 Å². The summed E-state index contributed by atoms with van der Waals surface area (Å²) in [5.41, 5.74) is 7.30. The molecule has 8 heteroatoms. The van der Waals surface area contributed by atoms with Crippen molar-refractivity contribution < 1.29 is 18.3 Å². The zero-order valence-corrected chi connectivity index (χ0v) is 16.3. The number of thiocarbonyl (C=S) groups is 1. The minimum Gasteiger partial charge on any atom is -0.494 e. The van der Waals surface area contributed by atoms with Gasteiger partial charge in [0, 0.05) is 17.5 Å². The molecule has 3 rings (SSSR count). The summed E-state index contributed by atoms with van der Waals surface area (Å²) < 4.78 is 24.1. The average molecular weight is 401 g/mol. The van der Waals surface area contributed by atoms with Crippen molar-refractivity contribution in [3.63, 3.8) is 0 Å². The van der Waals surface area contributed by atoms with E-state index in [1.165, 1.54) is 12.1 Å². The first-order valence-electron chi connectivity index (χ1n) is 8.72. The van der Waals surface area contributed by atoms with Crippen molar-refractivity contribution >= 4 is 34.2 Å². The van der Waals surface area contributed by atoms with Gasteiger partial charge in [0.25, 0.3) is 0 Å². The Labute approximate surface area is 167 Å². The van der Waals surface area contributed by atoms with Crippen LogP contribution in [0.15, 0.2) is 46.9 Å². The van der Waals surface area contributed by atoms with Crippen LogP contribution < -0.4 is 20.9 Å². The monoisotopic (exact) mass is 401 g/mol. The van der Waals surface area contributed by atoms with Crippen molar-refractivity contribution in [2.75, 3.05) is 6.61 Å². The number of halogens is 1. The fraction of sp³-hybridized carbons (Fsp3) is 0.200. The Kier molecular flexibility index (Phi) is 6.10. The lowest BCUT2D eigenvalue weighted by Gasteiger charge is -2.11. The second kappa shape index (κ2) is 8.71. The van der Waals surface area contributed by atoms with Gasteiger partial charge in [0.2, 0.25) is 0 Å². The van der Waals surface area contributed by atoms with Gasteiger partial charge in [0.05, 0.1) is 6.61 Å². The molecule has 3 aromatic rings. The number of amides is 1. The van der Waals surface area contributed by atoms with Gasteiger partial charge in [0.1, 0.15) is 17.1 Å². The van der Waals surface area contributed by atoms with Crippen molar-refractivity contribution in [2.24, 2.45) is 0 Å². The van der Waals surface area contributed by atoms with Gasteiger partial charge in [-0.05, 0) is 62.0 Å². The Hall–Kier alpha value is -3.13. The standard InChI is InChI=1S/C20H20FN3O3S/c1-3-26-15-8-9-17-16(10-15)12(2)18(27-17)19(25)23-24-20(28)22-11-13-4-6-14(21)7-5-13/h4-10H,3,11H2,1-2H3,(H,23,25)(H2,22,24,28). The molecule has 1 heterocycles. The molecule has 0 radical (unpaired) electrons. The summed E-state index contributed by atoms with van der Waals surface area (Å²) in [6.45, 7) is 4.67. The second-order valence-corrected chi connectivity index (χ2v) is 6.44. The summed E-state index contributed by atoms with van der Waals surface area (Å²) in [5.74, 6) is 0.163. The summed E-state index contributed by atoms with van der Waals surface area (Å²) in [5, 5.41) is 3.96. The number of ether oxygens (including phenoxy) is 1. The number of hydrogen-bond donors (Lipinski definition) is 3. The van der Waals surface area contributed by atoms with E-state index in [0.717, 1.165) is 16.7 Å². The first-order chi connectivity index (χ1) is 13.5. The van der Waals surface area contributed by atoms with Crippen LogP contribution in [0.4, 0.5) is 4.39 Å². The van der Waals surface area contributed by atoms with E-state index < -0.39 is 5.91 Å². The number of furan rings is 1. The lowest BCUT2D eigenvalue weighted by molar-refractivity contribution is 0.0917. The van der Waals surface area contributed by atoms with Crippen LogP contribution in [0.2, 0.25) is 0 Å². The molecule has 1 amide bonds. The van der Waals surface area contributed by atoms with Crippen LogP contribution in [0, 0.1) is 12.7 Å². The lowest BCUT2D eigenvalue weighted by Crippen LogP contribution is -2.46. The third kappa shape index (κ3) is 4.58. The minimum atomic E-state index is -0.447. The van der Waals surface area contributed by atoms with Gasteiger partial charge in [-0.15, -0.1) is 0 Å². The Morgan fingerprint density at radius 1 is 1.18 bits per heavy atom. The SMILES string of the molecule is CCOc1ccc2oc(C(=O)NNC(=S)NCc3ccc(F)cc3)c(C)c2c1. The normalized spacial score (nSPS) is 10.5. The number of carbonyl (C=O) groups excluding carboxylic acids is 1. The van der Waals surface area contributed by atoms with E-state index in [1.807, 2.05) is 19.9 Å². The van der Waals surface area contributed by atoms with Crippen molar-refractivity contribution in [1.29, 1.82) is 0 Å². The fourth-order valence-corrected chi connectivity index (χ4v) is 2.80. The van der Waals surface area contributed by atoms with Crippen LogP contribution in [0.1, 0.15) is 28.6 Å². The number of nitrogens with one attached hydrogen (secondary N) is 3. The second-order valence-electron chi connectivity index (χ2n) is 6.04. The molecule has 0 saturated carbocycles. The number of rotatable bonds is 5. The maximum absolute atomic E-state index is 12.9. The van der Waals surface area contributed by atoms with Gasteiger partial charge in [-0.1, -0.05) is 12.1 Å². The molecule has 0 fully saturated rings. The van der Waals surface area contributed by atoms with E-state index in [2.05, 4.69) is 16.2 Å². The van der Waals surface area contributed by atoms with Gasteiger partial charge in [0.15, 0.2) is 10.9 Å². The number of hydrogen-bond acceptors (Lipinski definition) is 4. The predicted molar refractivity (Wildman–Crippen MR) is 109 cm³/mol. The van der Waals surface area contributed by atoms with Crippen LogP contribution in [-0.2, 0) is 6.54 Å². The largest absolute Gasteiger partial charge is 0.494 e. The third-order valence-corrected chi connectivity index (χ3v) is 4.33. The van der Waals surface area contributed by atoms with E-state index in [9.17, 15) is 9.18 Å².